The van der Waals surface area contributed by atoms with E-state index in [2.05, 4.69) is 5.32 Å². The maximum Gasteiger partial charge on any atom is 0.242 e. The van der Waals surface area contributed by atoms with Crippen molar-refractivity contribution in [2.45, 2.75) is 37.6 Å². The van der Waals surface area contributed by atoms with Crippen LogP contribution in [0, 0.1) is 0 Å². The zero-order chi connectivity index (χ0) is 20.4. The molecule has 2 rings (SSSR count). The molecule has 0 saturated carbocycles. The van der Waals surface area contributed by atoms with Gasteiger partial charge in [-0.1, -0.05) is 48.9 Å². The zero-order valence-corrected chi connectivity index (χ0v) is 17.9. The van der Waals surface area contributed by atoms with E-state index in [4.69, 9.17) is 11.6 Å². The molecule has 2 aromatic rings. The molecule has 1 N–H and O–H groups in total. The van der Waals surface area contributed by atoms with E-state index in [-0.39, 0.29) is 17.6 Å². The fourth-order valence-electron chi connectivity index (χ4n) is 2.72. The van der Waals surface area contributed by atoms with E-state index in [1.54, 1.807) is 11.8 Å². The van der Waals surface area contributed by atoms with E-state index >= 15 is 0 Å². The second-order valence-corrected chi connectivity index (χ2v) is 8.02. The number of nitrogens with zero attached hydrogens (tertiary/aromatic N) is 1. The Morgan fingerprint density at radius 2 is 1.79 bits per heavy atom. The van der Waals surface area contributed by atoms with Crippen LogP contribution >= 0.6 is 23.4 Å². The summed E-state index contributed by atoms with van der Waals surface area (Å²) in [6, 6.07) is 16.9. The van der Waals surface area contributed by atoms with Gasteiger partial charge in [0.05, 0.1) is 5.75 Å². The van der Waals surface area contributed by atoms with Crippen LogP contribution in [0.25, 0.3) is 0 Å². The number of carbonyl (C=O) groups excluding carboxylic acids is 2. The minimum atomic E-state index is -0.506. The predicted octanol–water partition coefficient (Wildman–Crippen LogP) is 4.42. The number of hydrogen-bond acceptors (Lipinski definition) is 3. The Morgan fingerprint density at radius 3 is 2.43 bits per heavy atom. The number of amides is 2. The molecule has 0 aromatic heterocycles. The summed E-state index contributed by atoms with van der Waals surface area (Å²) in [6.07, 6.45) is 1.58. The second kappa shape index (κ2) is 11.8. The Kier molecular flexibility index (Phi) is 9.38. The van der Waals surface area contributed by atoms with Gasteiger partial charge >= 0.3 is 0 Å². The molecule has 0 radical (unpaired) electrons. The van der Waals surface area contributed by atoms with Gasteiger partial charge in [0.1, 0.15) is 6.04 Å². The van der Waals surface area contributed by atoms with Gasteiger partial charge in [-0.3, -0.25) is 9.59 Å². The van der Waals surface area contributed by atoms with Gasteiger partial charge in [0.15, 0.2) is 0 Å². The molecule has 0 fully saturated rings. The first-order valence-corrected chi connectivity index (χ1v) is 10.9. The first-order chi connectivity index (χ1) is 13.5. The van der Waals surface area contributed by atoms with Crippen molar-refractivity contribution in [3.63, 3.8) is 0 Å². The molecular weight excluding hydrogens is 392 g/mol. The number of rotatable bonds is 10. The molecule has 4 nitrogen and oxygen atoms in total. The zero-order valence-electron chi connectivity index (χ0n) is 16.4. The molecule has 0 aliphatic heterocycles. The van der Waals surface area contributed by atoms with Gasteiger partial charge in [-0.05, 0) is 49.6 Å². The van der Waals surface area contributed by atoms with Crippen molar-refractivity contribution in [3.05, 3.63) is 65.2 Å². The largest absolute Gasteiger partial charge is 0.354 e. The standard InChI is InChI=1S/C22H27ClN2O2S/c1-3-14-24-22(27)17(2)25(15-13-18-7-5-4-6-8-18)21(26)16-28-20-11-9-19(23)10-12-20/h4-12,17H,3,13-16H2,1-2H3,(H,24,27)/t17-/m1/s1. The first-order valence-electron chi connectivity index (χ1n) is 9.50. The fourth-order valence-corrected chi connectivity index (χ4v) is 3.64. The molecule has 1 atom stereocenters. The van der Waals surface area contributed by atoms with Crippen molar-refractivity contribution < 1.29 is 9.59 Å². The van der Waals surface area contributed by atoms with Crippen molar-refractivity contribution in [2.75, 3.05) is 18.8 Å². The van der Waals surface area contributed by atoms with Crippen LogP contribution in [0.3, 0.4) is 0 Å². The van der Waals surface area contributed by atoms with Gasteiger partial charge in [-0.2, -0.15) is 0 Å². The average Bonchev–Trinajstić information content (AvgIpc) is 2.72. The van der Waals surface area contributed by atoms with Crippen molar-refractivity contribution in [1.82, 2.24) is 10.2 Å². The molecule has 6 heteroatoms. The molecule has 28 heavy (non-hydrogen) atoms. The number of carbonyl (C=O) groups is 2. The van der Waals surface area contributed by atoms with Crippen LogP contribution in [0.5, 0.6) is 0 Å². The van der Waals surface area contributed by atoms with Gasteiger partial charge < -0.3 is 10.2 Å². The molecule has 0 saturated heterocycles. The highest BCUT2D eigenvalue weighted by atomic mass is 35.5. The van der Waals surface area contributed by atoms with E-state index in [1.807, 2.05) is 61.5 Å². The quantitative estimate of drug-likeness (QED) is 0.581. The monoisotopic (exact) mass is 418 g/mol. The van der Waals surface area contributed by atoms with Crippen LogP contribution in [0.4, 0.5) is 0 Å². The Balaban J connectivity index is 2.03. The van der Waals surface area contributed by atoms with Crippen LogP contribution in [0.15, 0.2) is 59.5 Å². The third-order valence-corrected chi connectivity index (χ3v) is 5.63. The topological polar surface area (TPSA) is 49.4 Å². The van der Waals surface area contributed by atoms with Gasteiger partial charge in [-0.25, -0.2) is 0 Å². The van der Waals surface area contributed by atoms with Crippen molar-refractivity contribution >= 4 is 35.2 Å². The van der Waals surface area contributed by atoms with E-state index in [1.165, 1.54) is 11.8 Å². The number of nitrogens with one attached hydrogen (secondary N) is 1. The third kappa shape index (κ3) is 7.21. The Bertz CT molecular complexity index is 753. The highest BCUT2D eigenvalue weighted by Crippen LogP contribution is 2.21. The molecule has 150 valence electrons. The summed E-state index contributed by atoms with van der Waals surface area (Å²) in [4.78, 5) is 28.0. The number of halogens is 1. The van der Waals surface area contributed by atoms with Crippen molar-refractivity contribution in [3.8, 4) is 0 Å². The molecule has 0 aliphatic rings. The first kappa shape index (κ1) is 22.3. The van der Waals surface area contributed by atoms with Crippen LogP contribution in [0.2, 0.25) is 5.02 Å². The van der Waals surface area contributed by atoms with Crippen LogP contribution in [0.1, 0.15) is 25.8 Å². The molecule has 2 amide bonds. The lowest BCUT2D eigenvalue weighted by Crippen LogP contribution is -2.49. The summed E-state index contributed by atoms with van der Waals surface area (Å²) in [7, 11) is 0. The Labute approximate surface area is 176 Å². The maximum atomic E-state index is 12.9. The highest BCUT2D eigenvalue weighted by molar-refractivity contribution is 8.00. The second-order valence-electron chi connectivity index (χ2n) is 6.53. The summed E-state index contributed by atoms with van der Waals surface area (Å²) < 4.78 is 0. The summed E-state index contributed by atoms with van der Waals surface area (Å²) in [5.41, 5.74) is 1.15. The molecular formula is C22H27ClN2O2S. The maximum absolute atomic E-state index is 12.9. The minimum Gasteiger partial charge on any atom is -0.354 e. The molecule has 2 aromatic carbocycles. The Hall–Kier alpha value is -1.98. The van der Waals surface area contributed by atoms with E-state index < -0.39 is 6.04 Å². The van der Waals surface area contributed by atoms with Crippen LogP contribution in [-0.4, -0.2) is 41.6 Å². The van der Waals surface area contributed by atoms with Crippen LogP contribution in [-0.2, 0) is 16.0 Å². The number of benzene rings is 2. The number of hydrogen-bond donors (Lipinski definition) is 1. The summed E-state index contributed by atoms with van der Waals surface area (Å²) in [5, 5.41) is 3.56. The molecule has 0 heterocycles. The number of thioether (sulfide) groups is 1. The average molecular weight is 419 g/mol. The normalized spacial score (nSPS) is 11.7. The van der Waals surface area contributed by atoms with Gasteiger partial charge in [0.25, 0.3) is 0 Å². The lowest BCUT2D eigenvalue weighted by Gasteiger charge is -2.28. The molecule has 0 spiro atoms. The van der Waals surface area contributed by atoms with Gasteiger partial charge in [0.2, 0.25) is 11.8 Å². The minimum absolute atomic E-state index is 0.0463. The van der Waals surface area contributed by atoms with Crippen molar-refractivity contribution in [1.29, 1.82) is 0 Å². The molecule has 0 bridgehead atoms. The smallest absolute Gasteiger partial charge is 0.242 e. The van der Waals surface area contributed by atoms with Gasteiger partial charge in [-0.15, -0.1) is 11.8 Å². The summed E-state index contributed by atoms with van der Waals surface area (Å²) in [6.45, 7) is 4.92. The van der Waals surface area contributed by atoms with Gasteiger partial charge in [0, 0.05) is 23.0 Å². The van der Waals surface area contributed by atoms with Crippen LogP contribution < -0.4 is 5.32 Å². The van der Waals surface area contributed by atoms with E-state index in [0.717, 1.165) is 16.9 Å². The summed E-state index contributed by atoms with van der Waals surface area (Å²) >= 11 is 7.37. The highest BCUT2D eigenvalue weighted by Gasteiger charge is 2.25. The fraction of sp³-hybridized carbons (Fsp3) is 0.364. The molecule has 0 aliphatic carbocycles. The lowest BCUT2D eigenvalue weighted by molar-refractivity contribution is -0.137. The lowest BCUT2D eigenvalue weighted by atomic mass is 10.1. The summed E-state index contributed by atoms with van der Waals surface area (Å²) in [5.74, 6) is 0.122. The van der Waals surface area contributed by atoms with Crippen molar-refractivity contribution in [2.24, 2.45) is 0 Å². The molecule has 0 unspecified atom stereocenters. The SMILES string of the molecule is CCCNC(=O)[C@@H](C)N(CCc1ccccc1)C(=O)CSc1ccc(Cl)cc1. The predicted molar refractivity (Wildman–Crippen MR) is 117 cm³/mol. The Morgan fingerprint density at radius 1 is 1.11 bits per heavy atom. The van der Waals surface area contributed by atoms with E-state index in [0.29, 0.717) is 24.5 Å². The third-order valence-electron chi connectivity index (χ3n) is 4.38. The van der Waals surface area contributed by atoms with E-state index in [9.17, 15) is 9.59 Å².